The maximum absolute atomic E-state index is 11.9. The summed E-state index contributed by atoms with van der Waals surface area (Å²) in [5, 5.41) is 12.1. The largest absolute Gasteiger partial charge is 0.323 e. The van der Waals surface area contributed by atoms with Crippen molar-refractivity contribution in [1.82, 2.24) is 0 Å². The molecule has 1 amide bonds. The van der Waals surface area contributed by atoms with Crippen molar-refractivity contribution in [3.63, 3.8) is 0 Å². The van der Waals surface area contributed by atoms with E-state index in [9.17, 15) is 4.79 Å². The van der Waals surface area contributed by atoms with Gasteiger partial charge in [-0.15, -0.1) is 0 Å². The summed E-state index contributed by atoms with van der Waals surface area (Å²) in [7, 11) is 0. The van der Waals surface area contributed by atoms with Crippen LogP contribution in [-0.2, 0) is 4.79 Å². The topological polar surface area (TPSA) is 52.9 Å². The molecule has 1 atom stereocenters. The Kier molecular flexibility index (Phi) is 3.92. The first-order valence-electron chi connectivity index (χ1n) is 5.00. The number of rotatable bonds is 3. The third-order valence-corrected chi connectivity index (χ3v) is 2.91. The zero-order valence-electron chi connectivity index (χ0n) is 9.25. The second kappa shape index (κ2) is 5.00. The van der Waals surface area contributed by atoms with Crippen LogP contribution in [0.15, 0.2) is 24.3 Å². The van der Waals surface area contributed by atoms with Gasteiger partial charge < -0.3 is 5.32 Å². The summed E-state index contributed by atoms with van der Waals surface area (Å²) in [5.74, 6) is -0.328. The molecule has 3 nitrogen and oxygen atoms in total. The molecule has 0 bridgehead atoms. The lowest BCUT2D eigenvalue weighted by Gasteiger charge is -2.18. The molecular formula is C12H13ClN2O. The third kappa shape index (κ3) is 2.53. The molecule has 0 fully saturated rings. The Morgan fingerprint density at radius 1 is 1.56 bits per heavy atom. The Bertz CT molecular complexity index is 439. The lowest BCUT2D eigenvalue weighted by atomic mass is 9.88. The van der Waals surface area contributed by atoms with Crippen LogP contribution in [0.5, 0.6) is 0 Å². The number of nitriles is 1. The van der Waals surface area contributed by atoms with Crippen LogP contribution in [0.4, 0.5) is 5.69 Å². The van der Waals surface area contributed by atoms with E-state index >= 15 is 0 Å². The van der Waals surface area contributed by atoms with Crippen molar-refractivity contribution in [2.24, 2.45) is 5.41 Å². The van der Waals surface area contributed by atoms with Gasteiger partial charge in [-0.25, -0.2) is 0 Å². The van der Waals surface area contributed by atoms with Crippen LogP contribution >= 0.6 is 11.6 Å². The number of nitrogens with zero attached hydrogens (tertiary/aromatic N) is 1. The smallest absolute Gasteiger partial charge is 0.244 e. The quantitative estimate of drug-likeness (QED) is 0.876. The predicted molar refractivity (Wildman–Crippen MR) is 64.1 cm³/mol. The highest BCUT2D eigenvalue weighted by Gasteiger charge is 2.31. The Hall–Kier alpha value is -1.53. The molecule has 1 aromatic rings. The molecule has 0 radical (unpaired) electrons. The number of hydrogen-bond donors (Lipinski definition) is 1. The molecule has 0 saturated heterocycles. The molecular weight excluding hydrogens is 224 g/mol. The first-order valence-corrected chi connectivity index (χ1v) is 5.38. The predicted octanol–water partition coefficient (Wildman–Crippen LogP) is 3.22. The van der Waals surface area contributed by atoms with Gasteiger partial charge in [-0.3, -0.25) is 4.79 Å². The van der Waals surface area contributed by atoms with E-state index in [0.717, 1.165) is 0 Å². The molecule has 1 N–H and O–H groups in total. The Morgan fingerprint density at radius 2 is 2.19 bits per heavy atom. The standard InChI is InChI=1S/C12H13ClN2O/c1-3-12(2,8-14)11(16)15-10-7-5-4-6-9(10)13/h4-7H,3H2,1-2H3,(H,15,16). The van der Waals surface area contributed by atoms with Crippen molar-refractivity contribution in [2.75, 3.05) is 5.32 Å². The molecule has 84 valence electrons. The first-order chi connectivity index (χ1) is 7.53. The fraction of sp³-hybridized carbons (Fsp3) is 0.333. The van der Waals surface area contributed by atoms with Crippen molar-refractivity contribution in [1.29, 1.82) is 5.26 Å². The molecule has 0 saturated carbocycles. The highest BCUT2D eigenvalue weighted by Crippen LogP contribution is 2.25. The fourth-order valence-electron chi connectivity index (χ4n) is 1.11. The van der Waals surface area contributed by atoms with Gasteiger partial charge in [0, 0.05) is 0 Å². The van der Waals surface area contributed by atoms with Crippen LogP contribution < -0.4 is 5.32 Å². The van der Waals surface area contributed by atoms with E-state index in [2.05, 4.69) is 5.32 Å². The second-order valence-electron chi connectivity index (χ2n) is 3.73. The molecule has 0 aliphatic heterocycles. The Balaban J connectivity index is 2.88. The van der Waals surface area contributed by atoms with Crippen LogP contribution in [0, 0.1) is 16.7 Å². The minimum atomic E-state index is -1.01. The summed E-state index contributed by atoms with van der Waals surface area (Å²) in [6.45, 7) is 3.41. The number of carbonyl (C=O) groups excluding carboxylic acids is 1. The first kappa shape index (κ1) is 12.5. The van der Waals surface area contributed by atoms with Crippen molar-refractivity contribution >= 4 is 23.2 Å². The monoisotopic (exact) mass is 236 g/mol. The van der Waals surface area contributed by atoms with Crippen molar-refractivity contribution in [3.8, 4) is 6.07 Å². The van der Waals surface area contributed by atoms with E-state index in [4.69, 9.17) is 16.9 Å². The maximum Gasteiger partial charge on any atom is 0.244 e. The van der Waals surface area contributed by atoms with E-state index in [1.54, 1.807) is 38.1 Å². The maximum atomic E-state index is 11.9. The van der Waals surface area contributed by atoms with Gasteiger partial charge in [-0.1, -0.05) is 30.7 Å². The second-order valence-corrected chi connectivity index (χ2v) is 4.14. The number of para-hydroxylation sites is 1. The Morgan fingerprint density at radius 3 is 2.69 bits per heavy atom. The van der Waals surface area contributed by atoms with Gasteiger partial charge in [0.15, 0.2) is 0 Å². The van der Waals surface area contributed by atoms with Crippen molar-refractivity contribution in [3.05, 3.63) is 29.3 Å². The minimum Gasteiger partial charge on any atom is -0.323 e. The molecule has 16 heavy (non-hydrogen) atoms. The summed E-state index contributed by atoms with van der Waals surface area (Å²) in [6, 6.07) is 8.96. The summed E-state index contributed by atoms with van der Waals surface area (Å²) in [5.41, 5.74) is -0.483. The highest BCUT2D eigenvalue weighted by atomic mass is 35.5. The van der Waals surface area contributed by atoms with Gasteiger partial charge >= 0.3 is 0 Å². The third-order valence-electron chi connectivity index (χ3n) is 2.58. The SMILES string of the molecule is CCC(C)(C#N)C(=O)Nc1ccccc1Cl. The van der Waals surface area contributed by atoms with Crippen molar-refractivity contribution in [2.45, 2.75) is 20.3 Å². The minimum absolute atomic E-state index is 0.328. The molecule has 0 aromatic heterocycles. The average Bonchev–Trinajstić information content (AvgIpc) is 2.31. The van der Waals surface area contributed by atoms with E-state index in [-0.39, 0.29) is 5.91 Å². The van der Waals surface area contributed by atoms with E-state index in [0.29, 0.717) is 17.1 Å². The van der Waals surface area contributed by atoms with Crippen LogP contribution in [0.1, 0.15) is 20.3 Å². The lowest BCUT2D eigenvalue weighted by Crippen LogP contribution is -2.31. The molecule has 1 aromatic carbocycles. The van der Waals surface area contributed by atoms with Gasteiger partial charge in [0.2, 0.25) is 5.91 Å². The van der Waals surface area contributed by atoms with Crippen LogP contribution in [0.2, 0.25) is 5.02 Å². The number of amides is 1. The number of halogens is 1. The molecule has 0 aliphatic carbocycles. The van der Waals surface area contributed by atoms with Gasteiger partial charge in [0.05, 0.1) is 16.8 Å². The van der Waals surface area contributed by atoms with E-state index < -0.39 is 5.41 Å². The Labute approximate surface area is 100 Å². The number of carbonyl (C=O) groups is 1. The molecule has 0 aliphatic rings. The zero-order chi connectivity index (χ0) is 12.2. The molecule has 4 heteroatoms. The van der Waals surface area contributed by atoms with Gasteiger partial charge in [-0.05, 0) is 25.5 Å². The zero-order valence-corrected chi connectivity index (χ0v) is 10.0. The van der Waals surface area contributed by atoms with Crippen LogP contribution in [0.3, 0.4) is 0 Å². The van der Waals surface area contributed by atoms with Gasteiger partial charge in [0.1, 0.15) is 5.41 Å². The summed E-state index contributed by atoms with van der Waals surface area (Å²) in [6.07, 6.45) is 0.458. The van der Waals surface area contributed by atoms with Gasteiger partial charge in [-0.2, -0.15) is 5.26 Å². The normalized spacial score (nSPS) is 13.6. The van der Waals surface area contributed by atoms with Gasteiger partial charge in [0.25, 0.3) is 0 Å². The van der Waals surface area contributed by atoms with Crippen LogP contribution in [0.25, 0.3) is 0 Å². The van der Waals surface area contributed by atoms with Crippen molar-refractivity contribution < 1.29 is 4.79 Å². The molecule has 1 unspecified atom stereocenters. The highest BCUT2D eigenvalue weighted by molar-refractivity contribution is 6.33. The molecule has 0 heterocycles. The lowest BCUT2D eigenvalue weighted by molar-refractivity contribution is -0.122. The summed E-state index contributed by atoms with van der Waals surface area (Å²) >= 11 is 5.91. The number of anilines is 1. The average molecular weight is 237 g/mol. The number of nitrogens with one attached hydrogen (secondary N) is 1. The number of benzene rings is 1. The fourth-order valence-corrected chi connectivity index (χ4v) is 1.30. The van der Waals surface area contributed by atoms with E-state index in [1.165, 1.54) is 0 Å². The van der Waals surface area contributed by atoms with E-state index in [1.807, 2.05) is 6.07 Å². The number of hydrogen-bond acceptors (Lipinski definition) is 2. The molecule has 1 rings (SSSR count). The van der Waals surface area contributed by atoms with Crippen LogP contribution in [-0.4, -0.2) is 5.91 Å². The summed E-state index contributed by atoms with van der Waals surface area (Å²) < 4.78 is 0. The molecule has 0 spiro atoms. The summed E-state index contributed by atoms with van der Waals surface area (Å²) in [4.78, 5) is 11.9.